The first-order chi connectivity index (χ1) is 5.79. The van der Waals surface area contributed by atoms with Gasteiger partial charge in [0.25, 0.3) is 0 Å². The van der Waals surface area contributed by atoms with Crippen molar-refractivity contribution in [1.82, 2.24) is 5.32 Å². The summed E-state index contributed by atoms with van der Waals surface area (Å²) in [5, 5.41) is 4.26. The van der Waals surface area contributed by atoms with Crippen molar-refractivity contribution in [3.63, 3.8) is 0 Å². The minimum atomic E-state index is 0.807. The van der Waals surface area contributed by atoms with Gasteiger partial charge in [-0.2, -0.15) is 11.8 Å². The molecule has 1 rings (SSSR count). The van der Waals surface area contributed by atoms with E-state index in [0.717, 1.165) is 11.2 Å². The molecule has 0 spiro atoms. The number of hydrogen-bond acceptors (Lipinski definition) is 2. The van der Waals surface area contributed by atoms with Gasteiger partial charge in [-0.15, -0.1) is 0 Å². The van der Waals surface area contributed by atoms with Crippen LogP contribution in [0.3, 0.4) is 0 Å². The summed E-state index contributed by atoms with van der Waals surface area (Å²) in [5.74, 6) is 2.35. The van der Waals surface area contributed by atoms with E-state index in [1.165, 1.54) is 38.1 Å². The average molecular weight is 187 g/mol. The monoisotopic (exact) mass is 187 g/mol. The van der Waals surface area contributed by atoms with Gasteiger partial charge in [-0.3, -0.25) is 0 Å². The molecule has 0 amide bonds. The van der Waals surface area contributed by atoms with Gasteiger partial charge in [0.2, 0.25) is 0 Å². The zero-order valence-corrected chi connectivity index (χ0v) is 9.12. The Kier molecular flexibility index (Phi) is 5.08. The molecule has 0 saturated carbocycles. The third kappa shape index (κ3) is 4.36. The van der Waals surface area contributed by atoms with Gasteiger partial charge in [0.1, 0.15) is 0 Å². The molecule has 1 heterocycles. The van der Waals surface area contributed by atoms with Crippen molar-refractivity contribution in [2.45, 2.75) is 38.4 Å². The lowest BCUT2D eigenvalue weighted by Crippen LogP contribution is -2.14. The molecule has 1 N–H and O–H groups in total. The van der Waals surface area contributed by atoms with E-state index in [1.807, 2.05) is 0 Å². The molecule has 0 aromatic heterocycles. The Hall–Kier alpha value is 0.310. The molecule has 1 atom stereocenters. The standard InChI is InChI=1S/C10H21NS/c1-9(2)12-8-10-4-3-6-11-7-5-10/h9-11H,3-8H2,1-2H3. The van der Waals surface area contributed by atoms with Crippen LogP contribution in [0, 0.1) is 5.92 Å². The van der Waals surface area contributed by atoms with Crippen molar-refractivity contribution in [1.29, 1.82) is 0 Å². The molecule has 0 aromatic rings. The highest BCUT2D eigenvalue weighted by Crippen LogP contribution is 2.21. The molecule has 1 aliphatic heterocycles. The zero-order chi connectivity index (χ0) is 8.81. The number of nitrogens with one attached hydrogen (secondary N) is 1. The third-order valence-corrected chi connectivity index (χ3v) is 3.69. The summed E-state index contributed by atoms with van der Waals surface area (Å²) in [6.07, 6.45) is 4.20. The zero-order valence-electron chi connectivity index (χ0n) is 8.31. The van der Waals surface area contributed by atoms with Crippen LogP contribution in [0.4, 0.5) is 0 Å². The summed E-state index contributed by atoms with van der Waals surface area (Å²) in [6, 6.07) is 0. The molecule has 2 heteroatoms. The summed E-state index contributed by atoms with van der Waals surface area (Å²) in [5.41, 5.74) is 0. The van der Waals surface area contributed by atoms with Crippen molar-refractivity contribution >= 4 is 11.8 Å². The minimum absolute atomic E-state index is 0.807. The second-order valence-corrected chi connectivity index (χ2v) is 5.54. The summed E-state index contributed by atoms with van der Waals surface area (Å²) in [6.45, 7) is 7.06. The Labute approximate surface area is 80.7 Å². The van der Waals surface area contributed by atoms with Crippen LogP contribution in [0.25, 0.3) is 0 Å². The molecule has 72 valence electrons. The molecule has 0 radical (unpaired) electrons. The predicted molar refractivity (Wildman–Crippen MR) is 57.8 cm³/mol. The van der Waals surface area contributed by atoms with Crippen molar-refractivity contribution in [2.24, 2.45) is 5.92 Å². The fourth-order valence-corrected chi connectivity index (χ4v) is 2.58. The van der Waals surface area contributed by atoms with Gasteiger partial charge < -0.3 is 5.32 Å². The van der Waals surface area contributed by atoms with Gasteiger partial charge in [0.15, 0.2) is 0 Å². The predicted octanol–water partition coefficient (Wildman–Crippen LogP) is 2.52. The number of hydrogen-bond donors (Lipinski definition) is 1. The molecule has 1 unspecified atom stereocenters. The molecule has 1 fully saturated rings. The van der Waals surface area contributed by atoms with Crippen LogP contribution in [0.15, 0.2) is 0 Å². The van der Waals surface area contributed by atoms with E-state index in [-0.39, 0.29) is 0 Å². The quantitative estimate of drug-likeness (QED) is 0.728. The fourth-order valence-electron chi connectivity index (χ4n) is 1.59. The fraction of sp³-hybridized carbons (Fsp3) is 1.00. The molecule has 0 aliphatic carbocycles. The third-order valence-electron chi connectivity index (χ3n) is 2.36. The van der Waals surface area contributed by atoms with Crippen molar-refractivity contribution < 1.29 is 0 Å². The Morgan fingerprint density at radius 1 is 1.33 bits per heavy atom. The minimum Gasteiger partial charge on any atom is -0.317 e. The average Bonchev–Trinajstić information content (AvgIpc) is 2.28. The van der Waals surface area contributed by atoms with Crippen LogP contribution in [0.2, 0.25) is 0 Å². The maximum Gasteiger partial charge on any atom is -0.000958 e. The van der Waals surface area contributed by atoms with Gasteiger partial charge in [-0.1, -0.05) is 13.8 Å². The summed E-state index contributed by atoms with van der Waals surface area (Å²) in [4.78, 5) is 0. The van der Waals surface area contributed by atoms with Gasteiger partial charge >= 0.3 is 0 Å². The van der Waals surface area contributed by atoms with Crippen LogP contribution in [-0.4, -0.2) is 24.1 Å². The van der Waals surface area contributed by atoms with Crippen LogP contribution in [0.5, 0.6) is 0 Å². The van der Waals surface area contributed by atoms with Crippen LogP contribution < -0.4 is 5.32 Å². The van der Waals surface area contributed by atoms with E-state index in [4.69, 9.17) is 0 Å². The molecule has 12 heavy (non-hydrogen) atoms. The Morgan fingerprint density at radius 2 is 2.17 bits per heavy atom. The van der Waals surface area contributed by atoms with Crippen molar-refractivity contribution in [2.75, 3.05) is 18.8 Å². The van der Waals surface area contributed by atoms with Crippen LogP contribution in [-0.2, 0) is 0 Å². The maximum absolute atomic E-state index is 3.46. The Bertz CT molecular complexity index is 106. The highest BCUT2D eigenvalue weighted by atomic mass is 32.2. The second kappa shape index (κ2) is 5.87. The first kappa shape index (κ1) is 10.4. The molecule has 1 aliphatic rings. The lowest BCUT2D eigenvalue weighted by molar-refractivity contribution is 0.527. The highest BCUT2D eigenvalue weighted by molar-refractivity contribution is 7.99. The van der Waals surface area contributed by atoms with E-state index in [9.17, 15) is 0 Å². The summed E-state index contributed by atoms with van der Waals surface area (Å²) < 4.78 is 0. The van der Waals surface area contributed by atoms with Crippen LogP contribution in [0.1, 0.15) is 33.1 Å². The van der Waals surface area contributed by atoms with E-state index in [2.05, 4.69) is 30.9 Å². The topological polar surface area (TPSA) is 12.0 Å². The Balaban J connectivity index is 2.12. The lowest BCUT2D eigenvalue weighted by Gasteiger charge is -2.14. The van der Waals surface area contributed by atoms with Crippen LogP contribution >= 0.6 is 11.8 Å². The summed E-state index contributed by atoms with van der Waals surface area (Å²) >= 11 is 2.12. The van der Waals surface area contributed by atoms with Crippen molar-refractivity contribution in [3.8, 4) is 0 Å². The molecule has 1 nitrogen and oxygen atoms in total. The second-order valence-electron chi connectivity index (χ2n) is 3.93. The number of thioether (sulfide) groups is 1. The first-order valence-corrected chi connectivity index (χ1v) is 6.16. The maximum atomic E-state index is 3.46. The van der Waals surface area contributed by atoms with E-state index in [1.54, 1.807) is 0 Å². The smallest absolute Gasteiger partial charge is 0.000958 e. The Morgan fingerprint density at radius 3 is 2.92 bits per heavy atom. The normalized spacial score (nSPS) is 25.8. The molecular formula is C10H21NS. The molecule has 0 aromatic carbocycles. The first-order valence-electron chi connectivity index (χ1n) is 5.11. The SMILES string of the molecule is CC(C)SCC1CCCNCC1. The van der Waals surface area contributed by atoms with E-state index < -0.39 is 0 Å². The van der Waals surface area contributed by atoms with E-state index >= 15 is 0 Å². The van der Waals surface area contributed by atoms with Gasteiger partial charge in [0.05, 0.1) is 0 Å². The van der Waals surface area contributed by atoms with Gasteiger partial charge in [-0.05, 0) is 49.3 Å². The van der Waals surface area contributed by atoms with E-state index in [0.29, 0.717) is 0 Å². The summed E-state index contributed by atoms with van der Waals surface area (Å²) in [7, 11) is 0. The molecule has 1 saturated heterocycles. The molecular weight excluding hydrogens is 166 g/mol. The lowest BCUT2D eigenvalue weighted by atomic mass is 10.0. The van der Waals surface area contributed by atoms with Gasteiger partial charge in [-0.25, -0.2) is 0 Å². The van der Waals surface area contributed by atoms with Crippen molar-refractivity contribution in [3.05, 3.63) is 0 Å². The largest absolute Gasteiger partial charge is 0.317 e. The molecule has 0 bridgehead atoms. The highest BCUT2D eigenvalue weighted by Gasteiger charge is 2.11. The van der Waals surface area contributed by atoms with Gasteiger partial charge in [0, 0.05) is 0 Å². The number of rotatable bonds is 3.